The van der Waals surface area contributed by atoms with Gasteiger partial charge in [-0.1, -0.05) is 53.2 Å². The molecule has 0 N–H and O–H groups in total. The number of thiophene rings is 1. The number of rotatable bonds is 8. The van der Waals surface area contributed by atoms with E-state index in [2.05, 4.69) is 6.58 Å². The average molecular weight is 519 g/mol. The van der Waals surface area contributed by atoms with Gasteiger partial charge in [-0.15, -0.1) is 17.9 Å². The highest BCUT2D eigenvalue weighted by Gasteiger charge is 2.18. The highest BCUT2D eigenvalue weighted by molar-refractivity contribution is 7.98. The summed E-state index contributed by atoms with van der Waals surface area (Å²) in [7, 11) is 3.18. The molecule has 2 aromatic carbocycles. The fraction of sp³-hybridized carbons (Fsp3) is 0.167. The molecule has 2 heterocycles. The van der Waals surface area contributed by atoms with Gasteiger partial charge in [0.25, 0.3) is 5.56 Å². The van der Waals surface area contributed by atoms with Crippen LogP contribution in [0.25, 0.3) is 21.3 Å². The van der Waals surface area contributed by atoms with Crippen LogP contribution in [0.4, 0.5) is 0 Å². The van der Waals surface area contributed by atoms with Gasteiger partial charge in [0.2, 0.25) is 0 Å². The summed E-state index contributed by atoms with van der Waals surface area (Å²) in [5, 5.41) is 4.16. The Kier molecular flexibility index (Phi) is 7.34. The van der Waals surface area contributed by atoms with Gasteiger partial charge in [-0.2, -0.15) is 0 Å². The van der Waals surface area contributed by atoms with E-state index in [-0.39, 0.29) is 5.56 Å². The number of aromatic nitrogens is 2. The van der Waals surface area contributed by atoms with E-state index < -0.39 is 0 Å². The van der Waals surface area contributed by atoms with Crippen LogP contribution in [0.2, 0.25) is 10.0 Å². The molecule has 0 atom stereocenters. The van der Waals surface area contributed by atoms with Crippen LogP contribution < -0.4 is 15.0 Å². The second kappa shape index (κ2) is 10.2. The molecule has 0 bridgehead atoms. The van der Waals surface area contributed by atoms with Crippen molar-refractivity contribution >= 4 is 56.5 Å². The van der Waals surface area contributed by atoms with Crippen LogP contribution in [0.15, 0.2) is 64.4 Å². The van der Waals surface area contributed by atoms with E-state index in [9.17, 15) is 4.79 Å². The van der Waals surface area contributed by atoms with E-state index in [0.717, 1.165) is 16.7 Å². The Balaban J connectivity index is 1.77. The molecule has 4 aromatic rings. The summed E-state index contributed by atoms with van der Waals surface area (Å²) in [6, 6.07) is 11.1. The molecule has 9 heteroatoms. The fourth-order valence-electron chi connectivity index (χ4n) is 3.40. The molecule has 0 saturated heterocycles. The van der Waals surface area contributed by atoms with E-state index in [0.29, 0.717) is 49.2 Å². The van der Waals surface area contributed by atoms with Crippen molar-refractivity contribution < 1.29 is 9.47 Å². The van der Waals surface area contributed by atoms with Crippen molar-refractivity contribution in [2.75, 3.05) is 14.2 Å². The van der Waals surface area contributed by atoms with Gasteiger partial charge in [0, 0.05) is 23.2 Å². The van der Waals surface area contributed by atoms with Crippen molar-refractivity contribution in [1.29, 1.82) is 0 Å². The molecule has 170 valence electrons. The third kappa shape index (κ3) is 4.77. The van der Waals surface area contributed by atoms with E-state index in [4.69, 9.17) is 37.7 Å². The first-order valence-corrected chi connectivity index (χ1v) is 12.5. The Hall–Kier alpha value is -2.45. The second-order valence-electron chi connectivity index (χ2n) is 7.04. The van der Waals surface area contributed by atoms with Crippen LogP contribution in [0.5, 0.6) is 11.5 Å². The van der Waals surface area contributed by atoms with Crippen LogP contribution in [0, 0.1) is 0 Å². The summed E-state index contributed by atoms with van der Waals surface area (Å²) in [5.41, 5.74) is 2.56. The zero-order valence-electron chi connectivity index (χ0n) is 17.9. The SMILES string of the molecule is C=CCn1c(SCc2ccc(Cl)c(Cl)c2)nc2scc(-c3ccc(OC)c(OC)c3)c2c1=O. The average Bonchev–Trinajstić information content (AvgIpc) is 3.25. The monoisotopic (exact) mass is 518 g/mol. The molecule has 0 unspecified atom stereocenters. The second-order valence-corrected chi connectivity index (χ2v) is 9.65. The van der Waals surface area contributed by atoms with Crippen molar-refractivity contribution in [3.8, 4) is 22.6 Å². The van der Waals surface area contributed by atoms with Crippen molar-refractivity contribution in [3.05, 3.63) is 80.4 Å². The quantitative estimate of drug-likeness (QED) is 0.144. The highest BCUT2D eigenvalue weighted by atomic mass is 35.5. The van der Waals surface area contributed by atoms with Crippen molar-refractivity contribution in [2.45, 2.75) is 17.5 Å². The molecule has 2 aromatic heterocycles. The lowest BCUT2D eigenvalue weighted by atomic mass is 10.1. The van der Waals surface area contributed by atoms with Gasteiger partial charge in [-0.3, -0.25) is 9.36 Å². The largest absolute Gasteiger partial charge is 0.493 e. The fourth-order valence-corrected chi connectivity index (χ4v) is 5.66. The van der Waals surface area contributed by atoms with E-state index in [1.165, 1.54) is 23.1 Å². The molecule has 0 amide bonds. The zero-order valence-corrected chi connectivity index (χ0v) is 21.1. The van der Waals surface area contributed by atoms with Gasteiger partial charge in [0.1, 0.15) is 4.83 Å². The molecular weight excluding hydrogens is 499 g/mol. The van der Waals surface area contributed by atoms with Crippen LogP contribution in [-0.2, 0) is 12.3 Å². The van der Waals surface area contributed by atoms with Gasteiger partial charge in [0.15, 0.2) is 16.7 Å². The molecule has 0 radical (unpaired) electrons. The van der Waals surface area contributed by atoms with E-state index >= 15 is 0 Å². The minimum atomic E-state index is -0.109. The Morgan fingerprint density at radius 1 is 1.12 bits per heavy atom. The lowest BCUT2D eigenvalue weighted by Crippen LogP contribution is -2.22. The number of hydrogen-bond acceptors (Lipinski definition) is 6. The topological polar surface area (TPSA) is 53.4 Å². The first-order valence-electron chi connectivity index (χ1n) is 9.88. The van der Waals surface area contributed by atoms with Crippen LogP contribution in [0.1, 0.15) is 5.56 Å². The number of ether oxygens (including phenoxy) is 2. The van der Waals surface area contributed by atoms with Gasteiger partial charge >= 0.3 is 0 Å². The summed E-state index contributed by atoms with van der Waals surface area (Å²) < 4.78 is 12.4. The van der Waals surface area contributed by atoms with Crippen molar-refractivity contribution in [2.24, 2.45) is 0 Å². The number of fused-ring (bicyclic) bond motifs is 1. The number of halogens is 2. The smallest absolute Gasteiger partial charge is 0.263 e. The van der Waals surface area contributed by atoms with E-state index in [1.54, 1.807) is 30.9 Å². The standard InChI is InChI=1S/C24H20Cl2N2O3S2/c1-4-9-28-23(29)21-16(15-6-8-19(30-2)20(11-15)31-3)13-32-22(21)27-24(28)33-12-14-5-7-17(25)18(26)10-14/h4-8,10-11,13H,1,9,12H2,2-3H3. The van der Waals surface area contributed by atoms with Gasteiger partial charge in [-0.05, 0) is 35.4 Å². The Morgan fingerprint density at radius 3 is 2.61 bits per heavy atom. The number of benzene rings is 2. The van der Waals surface area contributed by atoms with Gasteiger partial charge in [-0.25, -0.2) is 4.98 Å². The van der Waals surface area contributed by atoms with Gasteiger partial charge < -0.3 is 9.47 Å². The Morgan fingerprint density at radius 2 is 1.91 bits per heavy atom. The normalized spacial score (nSPS) is 11.0. The summed E-state index contributed by atoms with van der Waals surface area (Å²) in [5.74, 6) is 1.83. The Bertz CT molecular complexity index is 1400. The number of thioether (sulfide) groups is 1. The number of methoxy groups -OCH3 is 2. The van der Waals surface area contributed by atoms with Gasteiger partial charge in [0.05, 0.1) is 29.7 Å². The molecule has 0 spiro atoms. The third-order valence-corrected chi connectivity index (χ3v) is 7.68. The highest BCUT2D eigenvalue weighted by Crippen LogP contribution is 2.37. The minimum Gasteiger partial charge on any atom is -0.493 e. The first-order chi connectivity index (χ1) is 16.0. The molecule has 0 fully saturated rings. The Labute approximate surface area is 209 Å². The lowest BCUT2D eigenvalue weighted by molar-refractivity contribution is 0.355. The van der Waals surface area contributed by atoms with Crippen LogP contribution >= 0.6 is 46.3 Å². The number of nitrogens with zero attached hydrogens (tertiary/aromatic N) is 2. The first kappa shape index (κ1) is 23.7. The summed E-state index contributed by atoms with van der Waals surface area (Å²) in [6.45, 7) is 4.17. The number of allylic oxidation sites excluding steroid dienone is 1. The van der Waals surface area contributed by atoms with Crippen molar-refractivity contribution in [3.63, 3.8) is 0 Å². The molecule has 0 aliphatic rings. The maximum atomic E-state index is 13.6. The number of hydrogen-bond donors (Lipinski definition) is 0. The third-order valence-electron chi connectivity index (χ3n) is 5.02. The van der Waals surface area contributed by atoms with Crippen molar-refractivity contribution in [1.82, 2.24) is 9.55 Å². The van der Waals surface area contributed by atoms with E-state index in [1.807, 2.05) is 35.7 Å². The maximum absolute atomic E-state index is 13.6. The minimum absolute atomic E-state index is 0.109. The van der Waals surface area contributed by atoms with Crippen LogP contribution in [0.3, 0.4) is 0 Å². The molecule has 5 nitrogen and oxygen atoms in total. The summed E-state index contributed by atoms with van der Waals surface area (Å²) in [4.78, 5) is 19.1. The molecule has 4 rings (SSSR count). The summed E-state index contributed by atoms with van der Waals surface area (Å²) >= 11 is 15.1. The molecule has 0 saturated carbocycles. The predicted octanol–water partition coefficient (Wildman–Crippen LogP) is 6.93. The zero-order chi connectivity index (χ0) is 23.5. The molecule has 0 aliphatic heterocycles. The molecular formula is C24H20Cl2N2O3S2. The molecule has 33 heavy (non-hydrogen) atoms. The molecule has 0 aliphatic carbocycles. The maximum Gasteiger partial charge on any atom is 0.263 e. The lowest BCUT2D eigenvalue weighted by Gasteiger charge is -2.12. The predicted molar refractivity (Wildman–Crippen MR) is 139 cm³/mol. The summed E-state index contributed by atoms with van der Waals surface area (Å²) in [6.07, 6.45) is 1.70. The van der Waals surface area contributed by atoms with Crippen LogP contribution in [-0.4, -0.2) is 23.8 Å².